The van der Waals surface area contributed by atoms with Crippen LogP contribution in [0.5, 0.6) is 0 Å². The lowest BCUT2D eigenvalue weighted by molar-refractivity contribution is 0.0994. The lowest BCUT2D eigenvalue weighted by Crippen LogP contribution is -2.46. The van der Waals surface area contributed by atoms with Crippen molar-refractivity contribution in [3.63, 3.8) is 0 Å². The molecule has 0 aliphatic carbocycles. The third kappa shape index (κ3) is 3.83. The van der Waals surface area contributed by atoms with Crippen molar-refractivity contribution in [2.24, 2.45) is 5.73 Å². The van der Waals surface area contributed by atoms with Crippen LogP contribution in [0.4, 0.5) is 10.1 Å². The molecule has 1 aliphatic heterocycles. The van der Waals surface area contributed by atoms with Crippen LogP contribution in [0.25, 0.3) is 5.65 Å². The number of pyridine rings is 1. The molecule has 1 amide bonds. The monoisotopic (exact) mass is 399 g/mol. The molecule has 9 nitrogen and oxygen atoms in total. The van der Waals surface area contributed by atoms with Gasteiger partial charge in [-0.2, -0.15) is 9.49 Å². The van der Waals surface area contributed by atoms with Crippen molar-refractivity contribution in [3.05, 3.63) is 57.6 Å². The van der Waals surface area contributed by atoms with Crippen LogP contribution in [0.3, 0.4) is 0 Å². The van der Waals surface area contributed by atoms with E-state index < -0.39 is 11.9 Å². The predicted molar refractivity (Wildman–Crippen MR) is 105 cm³/mol. The Morgan fingerprint density at radius 2 is 2.03 bits per heavy atom. The van der Waals surface area contributed by atoms with Crippen LogP contribution >= 0.6 is 0 Å². The minimum atomic E-state index is -0.750. The van der Waals surface area contributed by atoms with Crippen LogP contribution in [-0.2, 0) is 13.0 Å². The van der Waals surface area contributed by atoms with Gasteiger partial charge < -0.3 is 15.6 Å². The number of nitrogens with two attached hydrogens (primary N) is 1. The fraction of sp³-hybridized carbons (Fsp3) is 0.368. The van der Waals surface area contributed by atoms with Gasteiger partial charge in [0.15, 0.2) is 0 Å². The number of carbonyl (C=O) groups excluding carboxylic acids is 1. The van der Waals surface area contributed by atoms with Gasteiger partial charge in [0.05, 0.1) is 11.4 Å². The number of primary amides is 1. The zero-order chi connectivity index (χ0) is 20.5. The number of carbonyl (C=O) groups is 1. The minimum absolute atomic E-state index is 0.0824. The highest BCUT2D eigenvalue weighted by Gasteiger charge is 2.21. The van der Waals surface area contributed by atoms with Gasteiger partial charge in [-0.1, -0.05) is 6.92 Å². The van der Waals surface area contributed by atoms with E-state index in [0.29, 0.717) is 43.0 Å². The summed E-state index contributed by atoms with van der Waals surface area (Å²) in [5, 5.41) is 4.55. The standard InChI is InChI=1S/C19H22FN7O2/c1-2-12-10-27-16(23-19(12)29)9-13(24-27)11-25-5-7-26(8-6-25)15-4-3-14(18(21)28)22-17(15)20/h3-4,9-10H,2,5-8,11H2,1H3,(H2,21,28)(H,23,29). The largest absolute Gasteiger partial charge is 0.365 e. The lowest BCUT2D eigenvalue weighted by atomic mass is 10.2. The van der Waals surface area contributed by atoms with Crippen molar-refractivity contribution >= 4 is 17.2 Å². The molecular weight excluding hydrogens is 377 g/mol. The number of aromatic nitrogens is 4. The second kappa shape index (κ2) is 7.63. The van der Waals surface area contributed by atoms with Gasteiger partial charge in [0.1, 0.15) is 11.3 Å². The first-order chi connectivity index (χ1) is 13.9. The van der Waals surface area contributed by atoms with E-state index >= 15 is 0 Å². The number of fused-ring (bicyclic) bond motifs is 1. The van der Waals surface area contributed by atoms with Crippen LogP contribution in [0.1, 0.15) is 28.7 Å². The lowest BCUT2D eigenvalue weighted by Gasteiger charge is -2.35. The number of anilines is 1. The molecule has 0 bridgehead atoms. The van der Waals surface area contributed by atoms with Gasteiger partial charge in [-0.3, -0.25) is 14.5 Å². The molecule has 0 aromatic carbocycles. The van der Waals surface area contributed by atoms with Crippen LogP contribution < -0.4 is 16.2 Å². The number of hydrogen-bond acceptors (Lipinski definition) is 6. The van der Waals surface area contributed by atoms with E-state index in [4.69, 9.17) is 5.73 Å². The van der Waals surface area contributed by atoms with Gasteiger partial charge >= 0.3 is 0 Å². The Balaban J connectivity index is 1.42. The number of H-pyrrole nitrogens is 1. The molecular formula is C19H22FN7O2. The second-order valence-electron chi connectivity index (χ2n) is 7.06. The topological polar surface area (TPSA) is 113 Å². The highest BCUT2D eigenvalue weighted by Crippen LogP contribution is 2.20. The van der Waals surface area contributed by atoms with E-state index in [1.54, 1.807) is 16.8 Å². The molecule has 4 heterocycles. The SMILES string of the molecule is CCc1cn2nc(CN3CCN(c4ccc(C(N)=O)nc4F)CC3)cc2[nH]c1=O. The van der Waals surface area contributed by atoms with Crippen molar-refractivity contribution in [1.82, 2.24) is 24.5 Å². The maximum Gasteiger partial charge on any atom is 0.267 e. The van der Waals surface area contributed by atoms with Crippen molar-refractivity contribution in [3.8, 4) is 0 Å². The molecule has 0 saturated carbocycles. The fourth-order valence-corrected chi connectivity index (χ4v) is 3.54. The van der Waals surface area contributed by atoms with Crippen molar-refractivity contribution in [1.29, 1.82) is 0 Å². The molecule has 29 heavy (non-hydrogen) atoms. The number of aryl methyl sites for hydroxylation is 1. The van der Waals surface area contributed by atoms with Gasteiger partial charge in [-0.25, -0.2) is 9.50 Å². The van der Waals surface area contributed by atoms with Crippen molar-refractivity contribution < 1.29 is 9.18 Å². The maximum absolute atomic E-state index is 14.2. The molecule has 0 spiro atoms. The molecule has 10 heteroatoms. The first kappa shape index (κ1) is 19.1. The Morgan fingerprint density at radius 1 is 1.28 bits per heavy atom. The Labute approximate surface area is 165 Å². The van der Waals surface area contributed by atoms with E-state index in [2.05, 4.69) is 20.0 Å². The van der Waals surface area contributed by atoms with Gasteiger partial charge in [0.25, 0.3) is 11.5 Å². The van der Waals surface area contributed by atoms with E-state index in [1.165, 1.54) is 6.07 Å². The second-order valence-corrected chi connectivity index (χ2v) is 7.06. The number of hydrogen-bond donors (Lipinski definition) is 2. The Bertz CT molecular complexity index is 1120. The summed E-state index contributed by atoms with van der Waals surface area (Å²) >= 11 is 0. The molecule has 0 radical (unpaired) electrons. The van der Waals surface area contributed by atoms with Gasteiger partial charge in [-0.05, 0) is 18.6 Å². The third-order valence-electron chi connectivity index (χ3n) is 5.16. The average Bonchev–Trinajstić information content (AvgIpc) is 3.08. The number of piperazine rings is 1. The molecule has 3 aromatic rings. The number of aromatic amines is 1. The zero-order valence-corrected chi connectivity index (χ0v) is 16.1. The zero-order valence-electron chi connectivity index (χ0n) is 16.1. The molecule has 3 N–H and O–H groups in total. The number of halogens is 1. The molecule has 3 aromatic heterocycles. The summed E-state index contributed by atoms with van der Waals surface area (Å²) in [7, 11) is 0. The first-order valence-corrected chi connectivity index (χ1v) is 9.48. The normalized spacial score (nSPS) is 15.2. The number of rotatable bonds is 5. The van der Waals surface area contributed by atoms with Gasteiger partial charge in [0, 0.05) is 50.6 Å². The Morgan fingerprint density at radius 3 is 2.69 bits per heavy atom. The summed E-state index contributed by atoms with van der Waals surface area (Å²) in [6.07, 6.45) is 2.41. The van der Waals surface area contributed by atoms with E-state index in [-0.39, 0.29) is 11.3 Å². The Hall–Kier alpha value is -3.27. The molecule has 0 atom stereocenters. The van der Waals surface area contributed by atoms with Crippen LogP contribution in [0.15, 0.2) is 29.2 Å². The van der Waals surface area contributed by atoms with Crippen molar-refractivity contribution in [2.75, 3.05) is 31.1 Å². The summed E-state index contributed by atoms with van der Waals surface area (Å²) in [6, 6.07) is 4.86. The molecule has 1 saturated heterocycles. The number of nitrogens with zero attached hydrogens (tertiary/aromatic N) is 5. The summed E-state index contributed by atoms with van der Waals surface area (Å²) in [4.78, 5) is 33.7. The summed E-state index contributed by atoms with van der Waals surface area (Å²) in [6.45, 7) is 5.26. The van der Waals surface area contributed by atoms with Crippen molar-refractivity contribution in [2.45, 2.75) is 19.9 Å². The molecule has 1 fully saturated rings. The Kier molecular flexibility index (Phi) is 5.01. The van der Waals surface area contributed by atoms with Crippen LogP contribution in [0.2, 0.25) is 0 Å². The molecule has 1 aliphatic rings. The van der Waals surface area contributed by atoms with Crippen LogP contribution in [0, 0.1) is 5.95 Å². The third-order valence-corrected chi connectivity index (χ3v) is 5.16. The van der Waals surface area contributed by atoms with Gasteiger partial charge in [0.2, 0.25) is 5.95 Å². The maximum atomic E-state index is 14.2. The van der Waals surface area contributed by atoms with Gasteiger partial charge in [-0.15, -0.1) is 0 Å². The number of amides is 1. The highest BCUT2D eigenvalue weighted by molar-refractivity contribution is 5.90. The minimum Gasteiger partial charge on any atom is -0.365 e. The average molecular weight is 399 g/mol. The summed E-state index contributed by atoms with van der Waals surface area (Å²) < 4.78 is 15.9. The molecule has 0 unspecified atom stereocenters. The van der Waals surface area contributed by atoms with E-state index in [1.807, 2.05) is 17.9 Å². The number of nitrogens with one attached hydrogen (secondary N) is 1. The predicted octanol–water partition coefficient (Wildman–Crippen LogP) is 0.540. The molecule has 152 valence electrons. The van der Waals surface area contributed by atoms with E-state index in [9.17, 15) is 14.0 Å². The van der Waals surface area contributed by atoms with Crippen LogP contribution in [-0.4, -0.2) is 56.6 Å². The first-order valence-electron chi connectivity index (χ1n) is 9.48. The highest BCUT2D eigenvalue weighted by atomic mass is 19.1. The fourth-order valence-electron chi connectivity index (χ4n) is 3.54. The summed E-state index contributed by atoms with van der Waals surface area (Å²) in [5.41, 5.74) is 7.56. The quantitative estimate of drug-likeness (QED) is 0.606. The smallest absolute Gasteiger partial charge is 0.267 e. The van der Waals surface area contributed by atoms with E-state index in [0.717, 1.165) is 18.8 Å². The molecule has 4 rings (SSSR count). The summed E-state index contributed by atoms with van der Waals surface area (Å²) in [5.74, 6) is -1.44.